The summed E-state index contributed by atoms with van der Waals surface area (Å²) in [6, 6.07) is 3.40. The largest absolute Gasteiger partial charge is 0.444 e. The van der Waals surface area contributed by atoms with E-state index in [2.05, 4.69) is 31.9 Å². The standard InChI is InChI=1S/C11H13Br2NO3/c1-7-5-14(6-8(4-12)16-7)11(15)9-2-3-10(13)17-9/h2-3,7-8H,4-6H2,1H3. The highest BCUT2D eigenvalue weighted by Gasteiger charge is 2.29. The highest BCUT2D eigenvalue weighted by molar-refractivity contribution is 9.10. The molecule has 1 aromatic heterocycles. The quantitative estimate of drug-likeness (QED) is 0.755. The third-order valence-electron chi connectivity index (χ3n) is 2.57. The maximum absolute atomic E-state index is 12.2. The van der Waals surface area contributed by atoms with E-state index in [0.717, 1.165) is 5.33 Å². The summed E-state index contributed by atoms with van der Waals surface area (Å²) in [6.45, 7) is 3.15. The Kier molecular flexibility index (Phi) is 4.27. The van der Waals surface area contributed by atoms with E-state index in [1.807, 2.05) is 6.92 Å². The molecule has 0 aromatic carbocycles. The third-order valence-corrected chi connectivity index (χ3v) is 3.72. The van der Waals surface area contributed by atoms with E-state index < -0.39 is 0 Å². The Labute approximate surface area is 117 Å². The number of hydrogen-bond donors (Lipinski definition) is 0. The molecule has 1 saturated heterocycles. The van der Waals surface area contributed by atoms with Gasteiger partial charge in [0.05, 0.1) is 12.2 Å². The predicted molar refractivity (Wildman–Crippen MR) is 70.4 cm³/mol. The van der Waals surface area contributed by atoms with E-state index >= 15 is 0 Å². The second-order valence-corrected chi connectivity index (χ2v) is 5.47. The van der Waals surface area contributed by atoms with Gasteiger partial charge in [0.2, 0.25) is 0 Å². The number of nitrogens with zero attached hydrogens (tertiary/aromatic N) is 1. The molecule has 0 radical (unpaired) electrons. The average molecular weight is 367 g/mol. The van der Waals surface area contributed by atoms with E-state index in [9.17, 15) is 4.79 Å². The first-order chi connectivity index (χ1) is 8.10. The topological polar surface area (TPSA) is 42.7 Å². The van der Waals surface area contributed by atoms with Gasteiger partial charge >= 0.3 is 0 Å². The Morgan fingerprint density at radius 3 is 2.88 bits per heavy atom. The van der Waals surface area contributed by atoms with E-state index in [0.29, 0.717) is 23.5 Å². The summed E-state index contributed by atoms with van der Waals surface area (Å²) in [6.07, 6.45) is 0.0924. The highest BCUT2D eigenvalue weighted by Crippen LogP contribution is 2.19. The number of halogens is 2. The van der Waals surface area contributed by atoms with Crippen molar-refractivity contribution in [2.24, 2.45) is 0 Å². The van der Waals surface area contributed by atoms with E-state index in [1.54, 1.807) is 17.0 Å². The van der Waals surface area contributed by atoms with E-state index in [-0.39, 0.29) is 18.1 Å². The minimum atomic E-state index is -0.0863. The zero-order valence-electron chi connectivity index (χ0n) is 9.36. The van der Waals surface area contributed by atoms with Crippen molar-refractivity contribution in [1.29, 1.82) is 0 Å². The average Bonchev–Trinajstić information content (AvgIpc) is 2.74. The van der Waals surface area contributed by atoms with Crippen LogP contribution in [0.25, 0.3) is 0 Å². The Bertz CT molecular complexity index is 407. The monoisotopic (exact) mass is 365 g/mol. The number of carbonyl (C=O) groups excluding carboxylic acids is 1. The first-order valence-corrected chi connectivity index (χ1v) is 7.27. The highest BCUT2D eigenvalue weighted by atomic mass is 79.9. The molecule has 1 aliphatic heterocycles. The molecule has 4 nitrogen and oxygen atoms in total. The molecule has 1 aromatic rings. The van der Waals surface area contributed by atoms with Crippen molar-refractivity contribution in [2.45, 2.75) is 19.1 Å². The molecule has 0 aliphatic carbocycles. The summed E-state index contributed by atoms with van der Waals surface area (Å²) in [4.78, 5) is 13.9. The molecule has 0 saturated carbocycles. The first kappa shape index (κ1) is 13.1. The molecule has 0 bridgehead atoms. The summed E-state index contributed by atoms with van der Waals surface area (Å²) in [5.41, 5.74) is 0. The lowest BCUT2D eigenvalue weighted by Crippen LogP contribution is -2.49. The summed E-state index contributed by atoms with van der Waals surface area (Å²) in [5, 5.41) is 0.725. The van der Waals surface area contributed by atoms with Crippen molar-refractivity contribution in [1.82, 2.24) is 4.90 Å². The molecule has 2 unspecified atom stereocenters. The number of hydrogen-bond acceptors (Lipinski definition) is 3. The summed E-state index contributed by atoms with van der Waals surface area (Å²) < 4.78 is 11.5. The van der Waals surface area contributed by atoms with Gasteiger partial charge in [-0.1, -0.05) is 15.9 Å². The zero-order valence-corrected chi connectivity index (χ0v) is 12.5. The van der Waals surface area contributed by atoms with Crippen LogP contribution in [-0.4, -0.2) is 41.4 Å². The molecule has 2 heterocycles. The van der Waals surface area contributed by atoms with Crippen LogP contribution in [0.4, 0.5) is 0 Å². The fourth-order valence-corrected chi connectivity index (χ4v) is 2.55. The van der Waals surface area contributed by atoms with Crippen LogP contribution in [0.1, 0.15) is 17.5 Å². The number of carbonyl (C=O) groups is 1. The van der Waals surface area contributed by atoms with Gasteiger partial charge in [-0.2, -0.15) is 0 Å². The van der Waals surface area contributed by atoms with Gasteiger partial charge in [0.1, 0.15) is 0 Å². The third kappa shape index (κ3) is 3.11. The van der Waals surface area contributed by atoms with Gasteiger partial charge in [0, 0.05) is 18.4 Å². The van der Waals surface area contributed by atoms with Gasteiger partial charge in [-0.25, -0.2) is 0 Å². The molecule has 1 amide bonds. The van der Waals surface area contributed by atoms with Crippen molar-refractivity contribution < 1.29 is 13.9 Å². The fraction of sp³-hybridized carbons (Fsp3) is 0.545. The van der Waals surface area contributed by atoms with Crippen LogP contribution in [0.5, 0.6) is 0 Å². The van der Waals surface area contributed by atoms with Crippen molar-refractivity contribution >= 4 is 37.8 Å². The number of morpholine rings is 1. The predicted octanol–water partition coefficient (Wildman–Crippen LogP) is 2.67. The van der Waals surface area contributed by atoms with Gasteiger partial charge in [0.25, 0.3) is 5.91 Å². The zero-order chi connectivity index (χ0) is 12.4. The number of rotatable bonds is 2. The van der Waals surface area contributed by atoms with Crippen LogP contribution in [0.3, 0.4) is 0 Å². The van der Waals surface area contributed by atoms with E-state index in [4.69, 9.17) is 9.15 Å². The van der Waals surface area contributed by atoms with Crippen molar-refractivity contribution in [3.8, 4) is 0 Å². The van der Waals surface area contributed by atoms with Gasteiger partial charge < -0.3 is 14.1 Å². The number of ether oxygens (including phenoxy) is 1. The van der Waals surface area contributed by atoms with Crippen LogP contribution in [0.2, 0.25) is 0 Å². The minimum Gasteiger partial charge on any atom is -0.444 e. The lowest BCUT2D eigenvalue weighted by atomic mass is 10.2. The SMILES string of the molecule is CC1CN(C(=O)c2ccc(Br)o2)CC(CBr)O1. The first-order valence-electron chi connectivity index (χ1n) is 5.36. The van der Waals surface area contributed by atoms with Gasteiger partial charge in [-0.15, -0.1) is 0 Å². The van der Waals surface area contributed by atoms with Crippen LogP contribution >= 0.6 is 31.9 Å². The summed E-state index contributed by atoms with van der Waals surface area (Å²) in [5.74, 6) is 0.274. The molecule has 94 valence electrons. The van der Waals surface area contributed by atoms with Crippen LogP contribution in [0, 0.1) is 0 Å². The number of alkyl halides is 1. The second-order valence-electron chi connectivity index (χ2n) is 4.04. The van der Waals surface area contributed by atoms with E-state index in [1.165, 1.54) is 0 Å². The molecule has 2 rings (SSSR count). The van der Waals surface area contributed by atoms with Gasteiger partial charge in [-0.05, 0) is 35.0 Å². The molecular formula is C11H13Br2NO3. The number of furan rings is 1. The van der Waals surface area contributed by atoms with Crippen molar-refractivity contribution in [2.75, 3.05) is 18.4 Å². The molecular weight excluding hydrogens is 354 g/mol. The Balaban J connectivity index is 2.08. The fourth-order valence-electron chi connectivity index (χ4n) is 1.88. The minimum absolute atomic E-state index is 0.0427. The van der Waals surface area contributed by atoms with Crippen molar-refractivity contribution in [3.05, 3.63) is 22.6 Å². The Hall–Kier alpha value is -0.330. The molecule has 0 N–H and O–H groups in total. The smallest absolute Gasteiger partial charge is 0.289 e. The maximum atomic E-state index is 12.2. The second kappa shape index (κ2) is 5.54. The lowest BCUT2D eigenvalue weighted by molar-refractivity contribution is -0.0566. The number of amides is 1. The molecule has 6 heteroatoms. The maximum Gasteiger partial charge on any atom is 0.289 e. The van der Waals surface area contributed by atoms with Gasteiger partial charge in [-0.3, -0.25) is 4.79 Å². The summed E-state index contributed by atoms with van der Waals surface area (Å²) in [7, 11) is 0. The van der Waals surface area contributed by atoms with Crippen molar-refractivity contribution in [3.63, 3.8) is 0 Å². The molecule has 17 heavy (non-hydrogen) atoms. The molecule has 1 aliphatic rings. The Morgan fingerprint density at radius 2 is 2.29 bits per heavy atom. The normalized spacial score (nSPS) is 25.0. The van der Waals surface area contributed by atoms with Gasteiger partial charge in [0.15, 0.2) is 10.4 Å². The Morgan fingerprint density at radius 1 is 1.53 bits per heavy atom. The van der Waals surface area contributed by atoms with Crippen LogP contribution in [-0.2, 0) is 4.74 Å². The summed E-state index contributed by atoms with van der Waals surface area (Å²) >= 11 is 6.57. The lowest BCUT2D eigenvalue weighted by Gasteiger charge is -2.35. The van der Waals surface area contributed by atoms with Crippen LogP contribution in [0.15, 0.2) is 21.2 Å². The molecule has 1 fully saturated rings. The molecule has 0 spiro atoms. The molecule has 2 atom stereocenters. The van der Waals surface area contributed by atoms with Crippen LogP contribution < -0.4 is 0 Å².